The van der Waals surface area contributed by atoms with Gasteiger partial charge in [-0.2, -0.15) is 17.6 Å². The van der Waals surface area contributed by atoms with Crippen molar-refractivity contribution >= 4 is 0 Å². The molecule has 0 saturated heterocycles. The lowest BCUT2D eigenvalue weighted by Crippen LogP contribution is -2.43. The van der Waals surface area contributed by atoms with Gasteiger partial charge in [0.2, 0.25) is 0 Å². The minimum Gasteiger partial charge on any atom is -0.194 e. The Hall–Kier alpha value is -0.800. The number of allylic oxidation sites excluding steroid dienone is 4. The highest BCUT2D eigenvalue weighted by Gasteiger charge is 2.60. The topological polar surface area (TPSA) is 0 Å². The van der Waals surface area contributed by atoms with E-state index in [2.05, 4.69) is 0 Å². The van der Waals surface area contributed by atoms with E-state index in [4.69, 9.17) is 0 Å². The highest BCUT2D eigenvalue weighted by atomic mass is 19.3. The smallest absolute Gasteiger partial charge is 0.194 e. The van der Waals surface area contributed by atoms with Crippen LogP contribution in [0.25, 0.3) is 0 Å². The monoisotopic (exact) mass is 234 g/mol. The second kappa shape index (κ2) is 3.90. The highest BCUT2D eigenvalue weighted by molar-refractivity contribution is 5.30. The van der Waals surface area contributed by atoms with Gasteiger partial charge >= 0.3 is 11.8 Å². The first-order valence-electron chi connectivity index (χ1n) is 5.61. The van der Waals surface area contributed by atoms with Crippen molar-refractivity contribution in [3.63, 3.8) is 0 Å². The Morgan fingerprint density at radius 2 is 1.12 bits per heavy atom. The Kier molecular flexibility index (Phi) is 2.84. The minimum absolute atomic E-state index is 0.0931. The molecule has 0 bridgehead atoms. The van der Waals surface area contributed by atoms with E-state index in [-0.39, 0.29) is 24.0 Å². The van der Waals surface area contributed by atoms with Crippen molar-refractivity contribution in [2.24, 2.45) is 0 Å². The summed E-state index contributed by atoms with van der Waals surface area (Å²) in [5, 5.41) is 0. The number of hydrogen-bond donors (Lipinski definition) is 0. The Balaban J connectivity index is 2.27. The molecule has 0 nitrogen and oxygen atoms in total. The van der Waals surface area contributed by atoms with Crippen LogP contribution in [0.15, 0.2) is 23.3 Å². The molecule has 16 heavy (non-hydrogen) atoms. The van der Waals surface area contributed by atoms with Gasteiger partial charge in [0.15, 0.2) is 0 Å². The molecule has 2 rings (SSSR count). The summed E-state index contributed by atoms with van der Waals surface area (Å²) in [6.07, 6.45) is 4.80. The van der Waals surface area contributed by atoms with Gasteiger partial charge in [-0.15, -0.1) is 0 Å². The number of halogens is 4. The van der Waals surface area contributed by atoms with Gasteiger partial charge in [0.05, 0.1) is 0 Å². The summed E-state index contributed by atoms with van der Waals surface area (Å²) in [7, 11) is 0. The maximum absolute atomic E-state index is 13.7. The molecule has 2 aliphatic carbocycles. The first kappa shape index (κ1) is 11.7. The average molecular weight is 234 g/mol. The lowest BCUT2D eigenvalue weighted by atomic mass is 9.95. The summed E-state index contributed by atoms with van der Waals surface area (Å²) in [4.78, 5) is 0. The van der Waals surface area contributed by atoms with Crippen molar-refractivity contribution in [1.82, 2.24) is 0 Å². The third-order valence-electron chi connectivity index (χ3n) is 3.28. The summed E-state index contributed by atoms with van der Waals surface area (Å²) >= 11 is 0. The van der Waals surface area contributed by atoms with Crippen LogP contribution in [0.5, 0.6) is 0 Å². The highest BCUT2D eigenvalue weighted by Crippen LogP contribution is 2.49. The third kappa shape index (κ3) is 1.68. The van der Waals surface area contributed by atoms with Gasteiger partial charge in [-0.05, 0) is 38.5 Å². The molecule has 0 aliphatic heterocycles. The van der Waals surface area contributed by atoms with Crippen LogP contribution in [0.1, 0.15) is 38.5 Å². The third-order valence-corrected chi connectivity index (χ3v) is 3.28. The predicted octanol–water partition coefficient (Wildman–Crippen LogP) is 4.48. The van der Waals surface area contributed by atoms with Crippen molar-refractivity contribution in [2.45, 2.75) is 50.4 Å². The molecule has 0 heterocycles. The van der Waals surface area contributed by atoms with E-state index in [1.807, 2.05) is 0 Å². The summed E-state index contributed by atoms with van der Waals surface area (Å²) < 4.78 is 54.8. The van der Waals surface area contributed by atoms with Gasteiger partial charge in [0.25, 0.3) is 0 Å². The van der Waals surface area contributed by atoms with Crippen LogP contribution in [-0.2, 0) is 0 Å². The van der Waals surface area contributed by atoms with Crippen molar-refractivity contribution in [2.75, 3.05) is 0 Å². The van der Waals surface area contributed by atoms with Gasteiger partial charge in [0.1, 0.15) is 0 Å². The maximum atomic E-state index is 13.7. The lowest BCUT2D eigenvalue weighted by molar-refractivity contribution is -0.163. The first-order chi connectivity index (χ1) is 7.46. The van der Waals surface area contributed by atoms with Crippen LogP contribution < -0.4 is 0 Å². The average Bonchev–Trinajstić information content (AvgIpc) is 2.91. The zero-order chi connectivity index (χ0) is 11.8. The van der Waals surface area contributed by atoms with E-state index in [9.17, 15) is 17.6 Å². The fourth-order valence-corrected chi connectivity index (χ4v) is 2.32. The van der Waals surface area contributed by atoms with Crippen LogP contribution >= 0.6 is 0 Å². The van der Waals surface area contributed by atoms with Gasteiger partial charge in [-0.3, -0.25) is 0 Å². The zero-order valence-electron chi connectivity index (χ0n) is 8.91. The quantitative estimate of drug-likeness (QED) is 0.499. The molecule has 0 spiro atoms. The Morgan fingerprint density at radius 1 is 0.750 bits per heavy atom. The molecule has 0 aromatic rings. The van der Waals surface area contributed by atoms with Gasteiger partial charge in [0, 0.05) is 11.1 Å². The second-order valence-corrected chi connectivity index (χ2v) is 4.39. The Labute approximate surface area is 92.0 Å². The molecule has 4 heteroatoms. The van der Waals surface area contributed by atoms with Gasteiger partial charge in [-0.1, -0.05) is 12.2 Å². The van der Waals surface area contributed by atoms with E-state index in [1.54, 1.807) is 0 Å². The minimum atomic E-state index is -4.00. The molecular formula is C12H14F4. The van der Waals surface area contributed by atoms with Crippen molar-refractivity contribution in [1.29, 1.82) is 0 Å². The maximum Gasteiger partial charge on any atom is 0.335 e. The van der Waals surface area contributed by atoms with Crippen molar-refractivity contribution < 1.29 is 17.6 Å². The zero-order valence-corrected chi connectivity index (χ0v) is 8.91. The largest absolute Gasteiger partial charge is 0.335 e. The molecule has 0 fully saturated rings. The Morgan fingerprint density at radius 3 is 1.38 bits per heavy atom. The first-order valence-corrected chi connectivity index (χ1v) is 5.61. The normalized spacial score (nSPS) is 22.2. The molecule has 0 amide bonds. The molecule has 0 atom stereocenters. The van der Waals surface area contributed by atoms with E-state index >= 15 is 0 Å². The summed E-state index contributed by atoms with van der Waals surface area (Å²) in [6, 6.07) is 0. The number of hydrogen-bond acceptors (Lipinski definition) is 0. The Bertz CT molecular complexity index is 305. The molecule has 2 aliphatic rings. The summed E-state index contributed by atoms with van der Waals surface area (Å²) in [5.74, 6) is -8.00. The molecule has 0 aromatic heterocycles. The molecule has 0 radical (unpaired) electrons. The molecule has 0 saturated carbocycles. The van der Waals surface area contributed by atoms with Gasteiger partial charge < -0.3 is 0 Å². The molecule has 0 aromatic carbocycles. The number of rotatable bonds is 3. The fourth-order valence-electron chi connectivity index (χ4n) is 2.32. The van der Waals surface area contributed by atoms with E-state index in [0.29, 0.717) is 25.7 Å². The van der Waals surface area contributed by atoms with Crippen LogP contribution in [0.3, 0.4) is 0 Å². The van der Waals surface area contributed by atoms with E-state index in [1.165, 1.54) is 12.2 Å². The lowest BCUT2D eigenvalue weighted by Gasteiger charge is -2.28. The van der Waals surface area contributed by atoms with E-state index < -0.39 is 11.8 Å². The van der Waals surface area contributed by atoms with Crippen LogP contribution in [0.2, 0.25) is 0 Å². The van der Waals surface area contributed by atoms with E-state index in [0.717, 1.165) is 0 Å². The molecule has 0 unspecified atom stereocenters. The van der Waals surface area contributed by atoms with Crippen molar-refractivity contribution in [3.8, 4) is 0 Å². The predicted molar refractivity (Wildman–Crippen MR) is 53.8 cm³/mol. The van der Waals surface area contributed by atoms with Crippen LogP contribution in [0.4, 0.5) is 17.6 Å². The van der Waals surface area contributed by atoms with Crippen LogP contribution in [0, 0.1) is 0 Å². The second-order valence-electron chi connectivity index (χ2n) is 4.39. The summed E-state index contributed by atoms with van der Waals surface area (Å²) in [5.41, 5.74) is -0.768. The van der Waals surface area contributed by atoms with Crippen molar-refractivity contribution in [3.05, 3.63) is 23.3 Å². The van der Waals surface area contributed by atoms with Crippen LogP contribution in [-0.4, -0.2) is 11.8 Å². The molecular weight excluding hydrogens is 220 g/mol. The fraction of sp³-hybridized carbons (Fsp3) is 0.667. The number of alkyl halides is 4. The van der Waals surface area contributed by atoms with Gasteiger partial charge in [-0.25, -0.2) is 0 Å². The standard InChI is InChI=1S/C12H14F4/c13-11(14,9-5-1-2-6-9)12(15,16)10-7-3-4-8-10/h5,7H,1-4,6,8H2. The molecule has 90 valence electrons. The SMILES string of the molecule is FC(F)(C1=CCCC1)C(F)(F)C1=CCCC1. The molecule has 0 N–H and O–H groups in total. The summed E-state index contributed by atoms with van der Waals surface area (Å²) in [6.45, 7) is 0.